The molecule has 0 saturated carbocycles. The zero-order valence-electron chi connectivity index (χ0n) is 10.2. The summed E-state index contributed by atoms with van der Waals surface area (Å²) in [6, 6.07) is 0. The lowest BCUT2D eigenvalue weighted by Crippen LogP contribution is -2.33. The number of nitrogens with two attached hydrogens (primary N) is 1. The first kappa shape index (κ1) is 13.9. The number of nitrogens with zero attached hydrogens (tertiary/aromatic N) is 1. The molecule has 0 aliphatic carbocycles. The van der Waals surface area contributed by atoms with Gasteiger partial charge in [0.05, 0.1) is 6.10 Å². The molecule has 1 aliphatic rings. The highest BCUT2D eigenvalue weighted by molar-refractivity contribution is 7.09. The van der Waals surface area contributed by atoms with Crippen LogP contribution in [-0.4, -0.2) is 40.7 Å². The van der Waals surface area contributed by atoms with Crippen molar-refractivity contribution in [2.24, 2.45) is 5.73 Å². The van der Waals surface area contributed by atoms with Crippen LogP contribution in [0.3, 0.4) is 0 Å². The second-order valence-electron chi connectivity index (χ2n) is 4.20. The van der Waals surface area contributed by atoms with E-state index in [1.54, 1.807) is 5.38 Å². The third kappa shape index (κ3) is 3.49. The molecule has 104 valence electrons. The summed E-state index contributed by atoms with van der Waals surface area (Å²) in [7, 11) is 0. The highest BCUT2D eigenvalue weighted by Gasteiger charge is 2.30. The topological polar surface area (TPSA) is 115 Å². The number of amides is 1. The van der Waals surface area contributed by atoms with Gasteiger partial charge in [-0.3, -0.25) is 4.79 Å². The third-order valence-corrected chi connectivity index (χ3v) is 3.70. The number of aromatic nitrogens is 1. The van der Waals surface area contributed by atoms with Gasteiger partial charge in [-0.05, 0) is 12.8 Å². The first-order valence-corrected chi connectivity index (χ1v) is 6.79. The van der Waals surface area contributed by atoms with Crippen LogP contribution in [0.4, 0.5) is 0 Å². The van der Waals surface area contributed by atoms with Gasteiger partial charge >= 0.3 is 5.97 Å². The molecule has 7 nitrogen and oxygen atoms in total. The van der Waals surface area contributed by atoms with Crippen molar-refractivity contribution in [2.75, 3.05) is 6.54 Å². The minimum Gasteiger partial charge on any atom is -0.479 e. The average molecular weight is 285 g/mol. The molecule has 2 heterocycles. The Kier molecular flexibility index (Phi) is 4.46. The van der Waals surface area contributed by atoms with Gasteiger partial charge in [0, 0.05) is 18.5 Å². The smallest absolute Gasteiger partial charge is 0.332 e. The molecule has 2 atom stereocenters. The molecule has 0 radical (unpaired) electrons. The number of hydrogen-bond acceptors (Lipinski definition) is 6. The number of hydrogen-bond donors (Lipinski definition) is 3. The van der Waals surface area contributed by atoms with Crippen LogP contribution >= 0.6 is 11.3 Å². The Morgan fingerprint density at radius 3 is 2.95 bits per heavy atom. The molecule has 2 unspecified atom stereocenters. The summed E-state index contributed by atoms with van der Waals surface area (Å²) in [5.74, 6) is -1.25. The van der Waals surface area contributed by atoms with Crippen LogP contribution in [0.15, 0.2) is 5.38 Å². The van der Waals surface area contributed by atoms with Crippen molar-refractivity contribution in [3.05, 3.63) is 16.1 Å². The number of carboxylic acid groups (broad SMARTS) is 1. The molecule has 8 heteroatoms. The molecule has 19 heavy (non-hydrogen) atoms. The Bertz CT molecular complexity index is 476. The van der Waals surface area contributed by atoms with E-state index >= 15 is 0 Å². The highest BCUT2D eigenvalue weighted by atomic mass is 32.1. The molecular formula is C11H15N3O4S. The molecule has 1 saturated heterocycles. The molecule has 1 aromatic heterocycles. The molecule has 4 N–H and O–H groups in total. The quantitative estimate of drug-likeness (QED) is 0.699. The molecule has 0 aromatic carbocycles. The Morgan fingerprint density at radius 1 is 1.58 bits per heavy atom. The zero-order chi connectivity index (χ0) is 13.8. The molecule has 0 spiro atoms. The van der Waals surface area contributed by atoms with E-state index < -0.39 is 12.1 Å². The number of thiazole rings is 1. The van der Waals surface area contributed by atoms with E-state index in [0.29, 0.717) is 30.1 Å². The van der Waals surface area contributed by atoms with Crippen molar-refractivity contribution in [1.82, 2.24) is 10.3 Å². The highest BCUT2D eigenvalue weighted by Crippen LogP contribution is 2.19. The molecule has 1 aromatic rings. The fourth-order valence-corrected chi connectivity index (χ4v) is 2.50. The third-order valence-electron chi connectivity index (χ3n) is 2.83. The summed E-state index contributed by atoms with van der Waals surface area (Å²) in [5.41, 5.74) is 5.75. The van der Waals surface area contributed by atoms with Crippen molar-refractivity contribution < 1.29 is 19.4 Å². The molecule has 1 aliphatic heterocycles. The van der Waals surface area contributed by atoms with Gasteiger partial charge in [-0.25, -0.2) is 9.78 Å². The summed E-state index contributed by atoms with van der Waals surface area (Å²) >= 11 is 1.33. The SMILES string of the molecule is NCc1nc(C(=O)NCC2CCC(C(=O)O)O2)cs1. The van der Waals surface area contributed by atoms with Crippen LogP contribution in [-0.2, 0) is 16.1 Å². The Balaban J connectivity index is 1.79. The number of ether oxygens (including phenoxy) is 1. The van der Waals surface area contributed by atoms with E-state index in [1.807, 2.05) is 0 Å². The first-order valence-electron chi connectivity index (χ1n) is 5.91. The standard InChI is InChI=1S/C11H15N3O4S/c12-3-9-14-7(5-19-9)10(15)13-4-6-1-2-8(18-6)11(16)17/h5-6,8H,1-4,12H2,(H,13,15)(H,16,17). The molecule has 1 fully saturated rings. The van der Waals surface area contributed by atoms with Crippen LogP contribution in [0.25, 0.3) is 0 Å². The lowest BCUT2D eigenvalue weighted by atomic mass is 10.2. The van der Waals surface area contributed by atoms with E-state index in [-0.39, 0.29) is 18.6 Å². The number of carboxylic acids is 1. The number of aliphatic carboxylic acids is 1. The van der Waals surface area contributed by atoms with E-state index in [4.69, 9.17) is 15.6 Å². The number of rotatable bonds is 5. The van der Waals surface area contributed by atoms with E-state index in [9.17, 15) is 9.59 Å². The second kappa shape index (κ2) is 6.09. The summed E-state index contributed by atoms with van der Waals surface area (Å²) in [6.07, 6.45) is 0.0920. The minimum absolute atomic E-state index is 0.252. The maximum atomic E-state index is 11.8. The van der Waals surface area contributed by atoms with E-state index in [1.165, 1.54) is 11.3 Å². The van der Waals surface area contributed by atoms with Gasteiger partial charge in [-0.1, -0.05) is 0 Å². The van der Waals surface area contributed by atoms with Crippen molar-refractivity contribution in [2.45, 2.75) is 31.6 Å². The number of carbonyl (C=O) groups excluding carboxylic acids is 1. The van der Waals surface area contributed by atoms with Crippen molar-refractivity contribution in [3.8, 4) is 0 Å². The van der Waals surface area contributed by atoms with Crippen molar-refractivity contribution in [3.63, 3.8) is 0 Å². The minimum atomic E-state index is -0.957. The van der Waals surface area contributed by atoms with Crippen LogP contribution in [0.2, 0.25) is 0 Å². The fraction of sp³-hybridized carbons (Fsp3) is 0.545. The fourth-order valence-electron chi connectivity index (χ4n) is 1.84. The predicted octanol–water partition coefficient (Wildman–Crippen LogP) is -0.0362. The molecule has 1 amide bonds. The maximum Gasteiger partial charge on any atom is 0.332 e. The Morgan fingerprint density at radius 2 is 2.37 bits per heavy atom. The predicted molar refractivity (Wildman–Crippen MR) is 67.9 cm³/mol. The largest absolute Gasteiger partial charge is 0.479 e. The van der Waals surface area contributed by atoms with Crippen LogP contribution in [0, 0.1) is 0 Å². The number of nitrogens with one attached hydrogen (secondary N) is 1. The van der Waals surface area contributed by atoms with Gasteiger partial charge in [-0.15, -0.1) is 11.3 Å². The normalized spacial score (nSPS) is 22.4. The molecule has 0 bridgehead atoms. The summed E-state index contributed by atoms with van der Waals surface area (Å²) in [4.78, 5) is 26.5. The lowest BCUT2D eigenvalue weighted by Gasteiger charge is -2.11. The maximum absolute atomic E-state index is 11.8. The van der Waals surface area contributed by atoms with Gasteiger partial charge in [0.1, 0.15) is 10.7 Å². The molecule has 2 rings (SSSR count). The Labute approximate surface area is 113 Å². The van der Waals surface area contributed by atoms with Gasteiger partial charge in [0.15, 0.2) is 6.10 Å². The monoisotopic (exact) mass is 285 g/mol. The summed E-state index contributed by atoms with van der Waals surface area (Å²) < 4.78 is 5.28. The van der Waals surface area contributed by atoms with Gasteiger partial charge in [0.25, 0.3) is 5.91 Å². The van der Waals surface area contributed by atoms with Gasteiger partial charge in [-0.2, -0.15) is 0 Å². The summed E-state index contributed by atoms with van der Waals surface area (Å²) in [5, 5.41) is 13.8. The van der Waals surface area contributed by atoms with E-state index in [0.717, 1.165) is 0 Å². The van der Waals surface area contributed by atoms with Gasteiger partial charge in [0.2, 0.25) is 0 Å². The Hall–Kier alpha value is -1.51. The van der Waals surface area contributed by atoms with Crippen LogP contribution in [0.5, 0.6) is 0 Å². The zero-order valence-corrected chi connectivity index (χ0v) is 11.0. The van der Waals surface area contributed by atoms with Crippen molar-refractivity contribution in [1.29, 1.82) is 0 Å². The van der Waals surface area contributed by atoms with Crippen LogP contribution < -0.4 is 11.1 Å². The second-order valence-corrected chi connectivity index (χ2v) is 5.15. The van der Waals surface area contributed by atoms with E-state index in [2.05, 4.69) is 10.3 Å². The molecular weight excluding hydrogens is 270 g/mol. The van der Waals surface area contributed by atoms with Crippen molar-refractivity contribution >= 4 is 23.2 Å². The first-order chi connectivity index (χ1) is 9.10. The van der Waals surface area contributed by atoms with Gasteiger partial charge < -0.3 is 20.9 Å². The lowest BCUT2D eigenvalue weighted by molar-refractivity contribution is -0.149. The average Bonchev–Trinajstić information content (AvgIpc) is 3.04. The summed E-state index contributed by atoms with van der Waals surface area (Å²) in [6.45, 7) is 0.599. The van der Waals surface area contributed by atoms with Crippen LogP contribution in [0.1, 0.15) is 28.3 Å². The number of carbonyl (C=O) groups is 2.